The molecular formula is C24H24F3N7O4S. The summed E-state index contributed by atoms with van der Waals surface area (Å²) >= 11 is 0. The van der Waals surface area contributed by atoms with Gasteiger partial charge in [-0.2, -0.15) is 19.0 Å². The number of hydrogen-bond donors (Lipinski definition) is 4. The number of aryl methyl sites for hydroxylation is 2. The molecule has 206 valence electrons. The van der Waals surface area contributed by atoms with Crippen LogP contribution in [0, 0.1) is 12.7 Å². The Kier molecular flexibility index (Phi) is 7.80. The van der Waals surface area contributed by atoms with Gasteiger partial charge in [-0.1, -0.05) is 18.2 Å². The first-order valence-corrected chi connectivity index (χ1v) is 13.0. The Bertz CT molecular complexity index is 1600. The lowest BCUT2D eigenvalue weighted by molar-refractivity contribution is 0.100. The summed E-state index contributed by atoms with van der Waals surface area (Å²) in [7, 11) is -3.28. The van der Waals surface area contributed by atoms with E-state index in [4.69, 9.17) is 10.5 Å². The number of hydrogen-bond acceptors (Lipinski definition) is 7. The minimum atomic E-state index is -5.00. The van der Waals surface area contributed by atoms with Gasteiger partial charge in [0, 0.05) is 25.2 Å². The number of primary amides is 1. The van der Waals surface area contributed by atoms with Crippen molar-refractivity contribution in [3.8, 4) is 17.0 Å². The van der Waals surface area contributed by atoms with Gasteiger partial charge in [-0.3, -0.25) is 19.3 Å². The summed E-state index contributed by atoms with van der Waals surface area (Å²) in [5, 5.41) is 14.1. The highest BCUT2D eigenvalue weighted by molar-refractivity contribution is 7.93. The van der Waals surface area contributed by atoms with Gasteiger partial charge >= 0.3 is 5.76 Å². The third kappa shape index (κ3) is 6.31. The van der Waals surface area contributed by atoms with E-state index in [-0.39, 0.29) is 35.1 Å². The van der Waals surface area contributed by atoms with Crippen molar-refractivity contribution in [3.05, 3.63) is 71.3 Å². The van der Waals surface area contributed by atoms with Crippen LogP contribution in [-0.4, -0.2) is 46.7 Å². The first kappa shape index (κ1) is 27.5. The highest BCUT2D eigenvalue weighted by Gasteiger charge is 2.26. The van der Waals surface area contributed by atoms with E-state index in [1.807, 2.05) is 4.72 Å². The highest BCUT2D eigenvalue weighted by Crippen LogP contribution is 2.35. The van der Waals surface area contributed by atoms with Gasteiger partial charge < -0.3 is 15.8 Å². The summed E-state index contributed by atoms with van der Waals surface area (Å²) in [5.74, 6) is -4.88. The Labute approximate surface area is 221 Å². The van der Waals surface area contributed by atoms with Crippen LogP contribution in [0.1, 0.15) is 21.6 Å². The van der Waals surface area contributed by atoms with Crippen molar-refractivity contribution in [3.63, 3.8) is 0 Å². The summed E-state index contributed by atoms with van der Waals surface area (Å²) in [6, 6.07) is 9.62. The van der Waals surface area contributed by atoms with Crippen molar-refractivity contribution >= 4 is 33.1 Å². The molecule has 0 atom stereocenters. The number of amides is 1. The monoisotopic (exact) mass is 563 g/mol. The highest BCUT2D eigenvalue weighted by atomic mass is 32.2. The smallest absolute Gasteiger partial charge is 0.355 e. The van der Waals surface area contributed by atoms with Crippen LogP contribution in [0.25, 0.3) is 11.3 Å². The average Bonchev–Trinajstić information content (AvgIpc) is 3.43. The lowest BCUT2D eigenvalue weighted by Crippen LogP contribution is -2.21. The third-order valence-electron chi connectivity index (χ3n) is 5.60. The number of H-pyrrole nitrogens is 1. The van der Waals surface area contributed by atoms with Gasteiger partial charge in [0.2, 0.25) is 0 Å². The molecule has 1 amide bonds. The van der Waals surface area contributed by atoms with E-state index in [1.165, 1.54) is 30.3 Å². The second-order valence-electron chi connectivity index (χ2n) is 8.46. The Morgan fingerprint density at radius 3 is 2.51 bits per heavy atom. The molecule has 0 aliphatic rings. The Hall–Kier alpha value is -4.53. The molecule has 0 aliphatic heterocycles. The van der Waals surface area contributed by atoms with Crippen molar-refractivity contribution in [1.29, 1.82) is 0 Å². The first-order chi connectivity index (χ1) is 18.4. The molecule has 4 rings (SSSR count). The molecule has 5 N–H and O–H groups in total. The average molecular weight is 564 g/mol. The zero-order chi connectivity index (χ0) is 28.3. The van der Waals surface area contributed by atoms with Crippen LogP contribution >= 0.6 is 0 Å². The summed E-state index contributed by atoms with van der Waals surface area (Å²) in [6.07, 6.45) is 1.99. The SMILES string of the molecule is Cc1nn(C)cc1Nc1n[nH]c(-c2ccc(NS(=O)(=O)C(F)F)c(OCCc3ccc(F)cc3)c2)c1C(N)=O. The normalized spacial score (nSPS) is 11.5. The molecule has 4 aromatic rings. The van der Waals surface area contributed by atoms with Crippen LogP contribution in [-0.2, 0) is 23.5 Å². The number of nitrogens with zero attached hydrogens (tertiary/aromatic N) is 3. The fourth-order valence-corrected chi connectivity index (χ4v) is 4.30. The maximum Gasteiger partial charge on any atom is 0.355 e. The fourth-order valence-electron chi connectivity index (χ4n) is 3.74. The summed E-state index contributed by atoms with van der Waals surface area (Å²) in [6.45, 7) is 1.76. The van der Waals surface area contributed by atoms with Gasteiger partial charge in [0.25, 0.3) is 15.9 Å². The Morgan fingerprint density at radius 2 is 1.90 bits per heavy atom. The predicted molar refractivity (Wildman–Crippen MR) is 138 cm³/mol. The number of rotatable bonds is 11. The van der Waals surface area contributed by atoms with Crippen LogP contribution < -0.4 is 20.5 Å². The zero-order valence-corrected chi connectivity index (χ0v) is 21.5. The van der Waals surface area contributed by atoms with E-state index in [1.54, 1.807) is 37.0 Å². The molecule has 2 aromatic carbocycles. The van der Waals surface area contributed by atoms with E-state index in [0.29, 0.717) is 23.4 Å². The van der Waals surface area contributed by atoms with Gasteiger partial charge in [-0.25, -0.2) is 12.8 Å². The van der Waals surface area contributed by atoms with E-state index < -0.39 is 27.5 Å². The van der Waals surface area contributed by atoms with Gasteiger partial charge in [-0.15, -0.1) is 0 Å². The van der Waals surface area contributed by atoms with Gasteiger partial charge in [0.1, 0.15) is 17.1 Å². The van der Waals surface area contributed by atoms with Gasteiger partial charge in [0.15, 0.2) is 5.82 Å². The van der Waals surface area contributed by atoms with Crippen molar-refractivity contribution in [2.45, 2.75) is 19.1 Å². The quantitative estimate of drug-likeness (QED) is 0.217. The molecule has 0 saturated heterocycles. The maximum atomic E-state index is 13.2. The molecule has 0 saturated carbocycles. The van der Waals surface area contributed by atoms with E-state index in [0.717, 1.165) is 5.56 Å². The predicted octanol–water partition coefficient (Wildman–Crippen LogP) is 3.69. The van der Waals surface area contributed by atoms with Crippen molar-refractivity contribution < 1.29 is 31.1 Å². The van der Waals surface area contributed by atoms with Crippen LogP contribution in [0.4, 0.5) is 30.4 Å². The third-order valence-corrected chi connectivity index (χ3v) is 6.57. The number of carbonyl (C=O) groups is 1. The maximum absolute atomic E-state index is 13.2. The van der Waals surface area contributed by atoms with Crippen molar-refractivity contribution in [1.82, 2.24) is 20.0 Å². The molecule has 15 heteroatoms. The zero-order valence-electron chi connectivity index (χ0n) is 20.7. The number of nitrogens with one attached hydrogen (secondary N) is 3. The first-order valence-electron chi connectivity index (χ1n) is 11.4. The molecule has 0 radical (unpaired) electrons. The van der Waals surface area contributed by atoms with Crippen molar-refractivity contribution in [2.24, 2.45) is 12.8 Å². The molecule has 39 heavy (non-hydrogen) atoms. The van der Waals surface area contributed by atoms with Crippen LogP contribution in [0.2, 0.25) is 0 Å². The number of carbonyl (C=O) groups excluding carboxylic acids is 1. The van der Waals surface area contributed by atoms with E-state index >= 15 is 0 Å². The summed E-state index contributed by atoms with van der Waals surface area (Å²) in [5.41, 5.74) is 7.83. The van der Waals surface area contributed by atoms with Gasteiger partial charge in [-0.05, 0) is 36.8 Å². The molecule has 0 unspecified atom stereocenters. The summed E-state index contributed by atoms with van der Waals surface area (Å²) < 4.78 is 72.1. The topological polar surface area (TPSA) is 157 Å². The standard InChI is InChI=1S/C24H24F3N7O4S/c1-13-18(12-34(2)32-13)29-23-20(22(28)35)21(30-31-23)15-5-8-17(33-39(36,37)24(26)27)19(11-15)38-10-9-14-3-6-16(25)7-4-14/h3-8,11-12,24,33H,9-10H2,1-2H3,(H2,28,35)(H2,29,30,31). The van der Waals surface area contributed by atoms with Crippen molar-refractivity contribution in [2.75, 3.05) is 16.6 Å². The van der Waals surface area contributed by atoms with E-state index in [2.05, 4.69) is 20.6 Å². The number of aromatic amines is 1. The van der Waals surface area contributed by atoms with E-state index in [9.17, 15) is 26.4 Å². The molecule has 0 bridgehead atoms. The number of ether oxygens (including phenoxy) is 1. The molecule has 0 aliphatic carbocycles. The second kappa shape index (κ2) is 11.1. The molecular weight excluding hydrogens is 539 g/mol. The lowest BCUT2D eigenvalue weighted by atomic mass is 10.1. The number of sulfonamides is 1. The fraction of sp³-hybridized carbons (Fsp3) is 0.208. The molecule has 2 aromatic heterocycles. The number of benzene rings is 2. The van der Waals surface area contributed by atoms with Crippen LogP contribution in [0.15, 0.2) is 48.7 Å². The number of nitrogens with two attached hydrogens (primary N) is 1. The van der Waals surface area contributed by atoms with Gasteiger partial charge in [0.05, 0.1) is 29.4 Å². The minimum absolute atomic E-state index is 0.00274. The van der Waals surface area contributed by atoms with Crippen LogP contribution in [0.5, 0.6) is 5.75 Å². The molecule has 11 nitrogen and oxygen atoms in total. The number of halogens is 3. The molecule has 2 heterocycles. The summed E-state index contributed by atoms with van der Waals surface area (Å²) in [4.78, 5) is 12.4. The largest absolute Gasteiger partial charge is 0.491 e. The van der Waals surface area contributed by atoms with Crippen LogP contribution in [0.3, 0.4) is 0 Å². The second-order valence-corrected chi connectivity index (χ2v) is 10.1. The Balaban J connectivity index is 1.68. The number of aromatic nitrogens is 4. The Morgan fingerprint density at radius 1 is 1.18 bits per heavy atom. The lowest BCUT2D eigenvalue weighted by Gasteiger charge is -2.15. The number of anilines is 3. The minimum Gasteiger partial charge on any atom is -0.491 e. The molecule has 0 fully saturated rings. The molecule has 0 spiro atoms. The number of alkyl halides is 2.